The van der Waals surface area contributed by atoms with Gasteiger partial charge in [-0.1, -0.05) is 18.2 Å². The summed E-state index contributed by atoms with van der Waals surface area (Å²) < 4.78 is 5.63. The molecule has 1 aliphatic rings. The van der Waals surface area contributed by atoms with Crippen LogP contribution in [0.4, 0.5) is 5.00 Å². The molecule has 0 radical (unpaired) electrons. The average molecular weight is 326 g/mol. The van der Waals surface area contributed by atoms with Crippen LogP contribution in [0.1, 0.15) is 35.8 Å². The molecular formula is C18H18N2O2S. The fourth-order valence-electron chi connectivity index (χ4n) is 2.74. The Labute approximate surface area is 139 Å². The van der Waals surface area contributed by atoms with Crippen molar-refractivity contribution >= 4 is 22.2 Å². The molecule has 0 bridgehead atoms. The number of nitrogens with one attached hydrogen (secondary N) is 1. The van der Waals surface area contributed by atoms with Gasteiger partial charge >= 0.3 is 0 Å². The van der Waals surface area contributed by atoms with Crippen LogP contribution in [0.5, 0.6) is 5.75 Å². The van der Waals surface area contributed by atoms with E-state index in [2.05, 4.69) is 11.4 Å². The minimum atomic E-state index is -0.622. The molecule has 23 heavy (non-hydrogen) atoms. The molecule has 1 aromatic heterocycles. The van der Waals surface area contributed by atoms with Gasteiger partial charge in [-0.15, -0.1) is 11.3 Å². The van der Waals surface area contributed by atoms with E-state index in [0.717, 1.165) is 31.2 Å². The van der Waals surface area contributed by atoms with Crippen LogP contribution in [0.3, 0.4) is 0 Å². The summed E-state index contributed by atoms with van der Waals surface area (Å²) in [6, 6.07) is 11.5. The van der Waals surface area contributed by atoms with Crippen LogP contribution in [0.2, 0.25) is 0 Å². The summed E-state index contributed by atoms with van der Waals surface area (Å²) in [5, 5.41) is 13.0. The van der Waals surface area contributed by atoms with E-state index < -0.39 is 6.10 Å². The molecule has 1 heterocycles. The molecule has 0 saturated heterocycles. The van der Waals surface area contributed by atoms with Crippen LogP contribution in [-0.4, -0.2) is 12.0 Å². The number of hydrogen-bond acceptors (Lipinski definition) is 4. The lowest BCUT2D eigenvalue weighted by atomic mass is 9.96. The number of benzene rings is 1. The molecule has 1 N–H and O–H groups in total. The quantitative estimate of drug-likeness (QED) is 0.926. The summed E-state index contributed by atoms with van der Waals surface area (Å²) in [4.78, 5) is 13.6. The molecular weight excluding hydrogens is 308 g/mol. The largest absolute Gasteiger partial charge is 0.481 e. The predicted molar refractivity (Wildman–Crippen MR) is 90.8 cm³/mol. The highest BCUT2D eigenvalue weighted by Gasteiger charge is 2.23. The van der Waals surface area contributed by atoms with Crippen molar-refractivity contribution in [3.8, 4) is 11.8 Å². The minimum absolute atomic E-state index is 0.232. The van der Waals surface area contributed by atoms with E-state index >= 15 is 0 Å². The van der Waals surface area contributed by atoms with E-state index in [9.17, 15) is 10.1 Å². The zero-order valence-electron chi connectivity index (χ0n) is 13.0. The Morgan fingerprint density at radius 3 is 2.78 bits per heavy atom. The molecule has 0 saturated carbocycles. The van der Waals surface area contributed by atoms with Gasteiger partial charge in [0.1, 0.15) is 16.8 Å². The van der Waals surface area contributed by atoms with Gasteiger partial charge in [0.15, 0.2) is 6.10 Å². The van der Waals surface area contributed by atoms with Gasteiger partial charge in [0.2, 0.25) is 0 Å². The first kappa shape index (κ1) is 15.6. The van der Waals surface area contributed by atoms with Crippen LogP contribution in [0, 0.1) is 11.3 Å². The summed E-state index contributed by atoms with van der Waals surface area (Å²) in [6.07, 6.45) is 3.57. The topological polar surface area (TPSA) is 62.1 Å². The number of aryl methyl sites for hydroxylation is 1. The van der Waals surface area contributed by atoms with E-state index in [4.69, 9.17) is 4.74 Å². The van der Waals surface area contributed by atoms with Gasteiger partial charge in [0, 0.05) is 4.88 Å². The van der Waals surface area contributed by atoms with Crippen LogP contribution < -0.4 is 10.1 Å². The van der Waals surface area contributed by atoms with Crippen LogP contribution in [0.15, 0.2) is 30.3 Å². The number of carbonyl (C=O) groups excluding carboxylic acids is 1. The van der Waals surface area contributed by atoms with E-state index in [0.29, 0.717) is 16.3 Å². The number of nitrogens with zero attached hydrogens (tertiary/aromatic N) is 1. The van der Waals surface area contributed by atoms with Crippen LogP contribution >= 0.6 is 11.3 Å². The third-order valence-corrected chi connectivity index (χ3v) is 5.15. The molecule has 1 atom stereocenters. The smallest absolute Gasteiger partial charge is 0.265 e. The second-order valence-corrected chi connectivity index (χ2v) is 6.69. The number of thiophene rings is 1. The van der Waals surface area contributed by atoms with E-state index in [1.54, 1.807) is 6.92 Å². The summed E-state index contributed by atoms with van der Waals surface area (Å²) in [5.74, 6) is 0.421. The van der Waals surface area contributed by atoms with Gasteiger partial charge in [-0.25, -0.2) is 0 Å². The van der Waals surface area contributed by atoms with Crippen molar-refractivity contribution in [1.82, 2.24) is 0 Å². The van der Waals surface area contributed by atoms with Gasteiger partial charge < -0.3 is 10.1 Å². The summed E-state index contributed by atoms with van der Waals surface area (Å²) in [7, 11) is 0. The van der Waals surface area contributed by atoms with E-state index in [-0.39, 0.29) is 5.91 Å². The highest BCUT2D eigenvalue weighted by atomic mass is 32.1. The molecule has 4 nitrogen and oxygen atoms in total. The molecule has 1 amide bonds. The van der Waals surface area contributed by atoms with Gasteiger partial charge in [0.05, 0.1) is 5.56 Å². The fraction of sp³-hybridized carbons (Fsp3) is 0.333. The maximum Gasteiger partial charge on any atom is 0.265 e. The van der Waals surface area contributed by atoms with Crippen molar-refractivity contribution in [3.63, 3.8) is 0 Å². The number of ether oxygens (including phenoxy) is 1. The first-order chi connectivity index (χ1) is 11.2. The normalized spacial score (nSPS) is 14.4. The second kappa shape index (κ2) is 6.84. The number of amides is 1. The van der Waals surface area contributed by atoms with Gasteiger partial charge in [-0.3, -0.25) is 4.79 Å². The molecule has 0 unspecified atom stereocenters. The van der Waals surface area contributed by atoms with Crippen molar-refractivity contribution in [2.75, 3.05) is 5.32 Å². The fourth-order valence-corrected chi connectivity index (χ4v) is 3.99. The summed E-state index contributed by atoms with van der Waals surface area (Å²) in [6.45, 7) is 1.71. The minimum Gasteiger partial charge on any atom is -0.481 e. The van der Waals surface area contributed by atoms with Crippen molar-refractivity contribution < 1.29 is 9.53 Å². The lowest BCUT2D eigenvalue weighted by Crippen LogP contribution is -2.30. The van der Waals surface area contributed by atoms with Crippen molar-refractivity contribution in [2.45, 2.75) is 38.7 Å². The molecule has 0 aliphatic heterocycles. The number of rotatable bonds is 4. The van der Waals surface area contributed by atoms with Gasteiger partial charge in [-0.05, 0) is 50.3 Å². The van der Waals surface area contributed by atoms with E-state index in [1.165, 1.54) is 16.2 Å². The number of carbonyl (C=O) groups is 1. The molecule has 0 fully saturated rings. The molecule has 5 heteroatoms. The lowest BCUT2D eigenvalue weighted by molar-refractivity contribution is -0.122. The second-order valence-electron chi connectivity index (χ2n) is 5.59. The first-order valence-corrected chi connectivity index (χ1v) is 8.58. The number of hydrogen-bond donors (Lipinski definition) is 1. The molecule has 3 rings (SSSR count). The maximum absolute atomic E-state index is 12.4. The van der Waals surface area contributed by atoms with Crippen molar-refractivity contribution in [3.05, 3.63) is 46.3 Å². The Bertz CT molecular complexity index is 746. The molecule has 1 aromatic carbocycles. The molecule has 2 aromatic rings. The highest BCUT2D eigenvalue weighted by molar-refractivity contribution is 7.16. The highest BCUT2D eigenvalue weighted by Crippen LogP contribution is 2.37. The number of anilines is 1. The first-order valence-electron chi connectivity index (χ1n) is 7.76. The van der Waals surface area contributed by atoms with Gasteiger partial charge in [0.25, 0.3) is 5.91 Å². The number of fused-ring (bicyclic) bond motifs is 1. The monoisotopic (exact) mass is 326 g/mol. The van der Waals surface area contributed by atoms with Crippen LogP contribution in [-0.2, 0) is 17.6 Å². The molecule has 118 valence electrons. The average Bonchev–Trinajstić information content (AvgIpc) is 2.92. The summed E-state index contributed by atoms with van der Waals surface area (Å²) >= 11 is 1.53. The van der Waals surface area contributed by atoms with Gasteiger partial charge in [-0.2, -0.15) is 5.26 Å². The Kier molecular flexibility index (Phi) is 4.63. The van der Waals surface area contributed by atoms with Crippen molar-refractivity contribution in [2.24, 2.45) is 0 Å². The molecule has 0 spiro atoms. The Morgan fingerprint density at radius 2 is 2.04 bits per heavy atom. The Hall–Kier alpha value is -2.32. The zero-order chi connectivity index (χ0) is 16.2. The predicted octanol–water partition coefficient (Wildman–Crippen LogP) is 3.90. The number of nitriles is 1. The summed E-state index contributed by atoms with van der Waals surface area (Å²) in [5.41, 5.74) is 1.75. The van der Waals surface area contributed by atoms with Crippen LogP contribution in [0.25, 0.3) is 0 Å². The number of para-hydroxylation sites is 1. The molecule has 1 aliphatic carbocycles. The zero-order valence-corrected chi connectivity index (χ0v) is 13.8. The third-order valence-electron chi connectivity index (χ3n) is 3.95. The Balaban J connectivity index is 1.73. The maximum atomic E-state index is 12.4. The standard InChI is InChI=1S/C18H18N2O2S/c1-12(22-13-7-3-2-4-8-13)17(21)20-18-15(11-19)14-9-5-6-10-16(14)23-18/h2-4,7-8,12H,5-6,9-10H2,1H3,(H,20,21)/t12-/m1/s1. The van der Waals surface area contributed by atoms with E-state index in [1.807, 2.05) is 30.3 Å². The third kappa shape index (κ3) is 3.38. The van der Waals surface area contributed by atoms with Crippen molar-refractivity contribution in [1.29, 1.82) is 5.26 Å². The lowest BCUT2D eigenvalue weighted by Gasteiger charge is -2.14. The Morgan fingerprint density at radius 1 is 1.30 bits per heavy atom. The SMILES string of the molecule is C[C@@H](Oc1ccccc1)C(=O)Nc1sc2c(c1C#N)CCCC2.